The van der Waals surface area contributed by atoms with Gasteiger partial charge in [-0.05, 0) is 24.0 Å². The van der Waals surface area contributed by atoms with Crippen molar-refractivity contribution in [1.82, 2.24) is 4.72 Å². The predicted molar refractivity (Wildman–Crippen MR) is 87.8 cm³/mol. The van der Waals surface area contributed by atoms with E-state index >= 15 is 0 Å². The Morgan fingerprint density at radius 1 is 1.24 bits per heavy atom. The van der Waals surface area contributed by atoms with Crippen LogP contribution in [0.25, 0.3) is 0 Å². The van der Waals surface area contributed by atoms with Crippen LogP contribution in [-0.2, 0) is 10.0 Å². The molecule has 0 aromatic heterocycles. The number of nitrogens with two attached hydrogens (primary N) is 1. The molecule has 5 nitrogen and oxygen atoms in total. The molecule has 0 saturated carbocycles. The summed E-state index contributed by atoms with van der Waals surface area (Å²) in [7, 11) is -3.48. The predicted octanol–water partition coefficient (Wildman–Crippen LogP) is 2.16. The molecule has 0 aliphatic carbocycles. The van der Waals surface area contributed by atoms with Crippen molar-refractivity contribution in [3.8, 4) is 0 Å². The monoisotopic (exact) mass is 313 g/mol. The Kier molecular flexibility index (Phi) is 6.19. The summed E-state index contributed by atoms with van der Waals surface area (Å²) in [6.45, 7) is 9.06. The first-order chi connectivity index (χ1) is 9.65. The lowest BCUT2D eigenvalue weighted by Crippen LogP contribution is -2.33. The number of benzene rings is 1. The third-order valence-electron chi connectivity index (χ3n) is 2.94. The maximum atomic E-state index is 12.1. The number of para-hydroxylation sites is 1. The Bertz CT molecular complexity index is 550. The molecule has 0 heterocycles. The quantitative estimate of drug-likeness (QED) is 0.720. The number of hydrogen-bond acceptors (Lipinski definition) is 4. The topological polar surface area (TPSA) is 84.2 Å². The average Bonchev–Trinajstić information content (AvgIpc) is 2.34. The minimum Gasteiger partial charge on any atom is -0.382 e. The van der Waals surface area contributed by atoms with Crippen molar-refractivity contribution in [2.24, 2.45) is 11.1 Å². The maximum Gasteiger partial charge on any atom is 0.242 e. The van der Waals surface area contributed by atoms with Crippen LogP contribution < -0.4 is 15.8 Å². The largest absolute Gasteiger partial charge is 0.382 e. The SMILES string of the molecule is CCNS(=O)(=O)c1ccccc1NCC(N)CC(C)(C)C. The summed E-state index contributed by atoms with van der Waals surface area (Å²) in [4.78, 5) is 0.259. The van der Waals surface area contributed by atoms with Crippen molar-refractivity contribution in [3.63, 3.8) is 0 Å². The van der Waals surface area contributed by atoms with E-state index in [1.807, 2.05) is 6.07 Å². The van der Waals surface area contributed by atoms with E-state index in [0.717, 1.165) is 6.42 Å². The highest BCUT2D eigenvalue weighted by Crippen LogP contribution is 2.22. The van der Waals surface area contributed by atoms with Gasteiger partial charge >= 0.3 is 0 Å². The lowest BCUT2D eigenvalue weighted by Gasteiger charge is -2.24. The van der Waals surface area contributed by atoms with Gasteiger partial charge in [0.25, 0.3) is 0 Å². The Labute approximate surface area is 128 Å². The van der Waals surface area contributed by atoms with Gasteiger partial charge in [0.15, 0.2) is 0 Å². The molecule has 4 N–H and O–H groups in total. The van der Waals surface area contributed by atoms with Crippen LogP contribution in [0.3, 0.4) is 0 Å². The fourth-order valence-corrected chi connectivity index (χ4v) is 3.44. The summed E-state index contributed by atoms with van der Waals surface area (Å²) in [6, 6.07) is 6.84. The zero-order valence-corrected chi connectivity index (χ0v) is 14.1. The molecule has 0 aliphatic rings. The summed E-state index contributed by atoms with van der Waals surface area (Å²) in [5.74, 6) is 0. The molecule has 120 valence electrons. The van der Waals surface area contributed by atoms with E-state index in [9.17, 15) is 8.42 Å². The second kappa shape index (κ2) is 7.24. The number of nitrogens with one attached hydrogen (secondary N) is 2. The molecular weight excluding hydrogens is 286 g/mol. The van der Waals surface area contributed by atoms with Gasteiger partial charge < -0.3 is 11.1 Å². The van der Waals surface area contributed by atoms with Crippen LogP contribution in [0, 0.1) is 5.41 Å². The fourth-order valence-electron chi connectivity index (χ4n) is 2.21. The molecule has 1 aromatic rings. The molecule has 0 radical (unpaired) electrons. The Balaban J connectivity index is 2.81. The van der Waals surface area contributed by atoms with Gasteiger partial charge in [0.1, 0.15) is 4.90 Å². The third-order valence-corrected chi connectivity index (χ3v) is 4.54. The molecule has 6 heteroatoms. The number of sulfonamides is 1. The normalized spacial score (nSPS) is 14.0. The molecule has 0 fully saturated rings. The Hall–Kier alpha value is -1.11. The summed E-state index contributed by atoms with van der Waals surface area (Å²) < 4.78 is 26.8. The minimum absolute atomic E-state index is 0.0279. The molecule has 1 atom stereocenters. The summed E-state index contributed by atoms with van der Waals surface area (Å²) in [5.41, 5.74) is 6.83. The van der Waals surface area contributed by atoms with Crippen molar-refractivity contribution in [2.75, 3.05) is 18.4 Å². The molecule has 0 spiro atoms. The third kappa shape index (κ3) is 6.03. The average molecular weight is 313 g/mol. The van der Waals surface area contributed by atoms with Gasteiger partial charge in [-0.15, -0.1) is 0 Å². The van der Waals surface area contributed by atoms with E-state index in [1.54, 1.807) is 25.1 Å². The van der Waals surface area contributed by atoms with Crippen molar-refractivity contribution in [1.29, 1.82) is 0 Å². The van der Waals surface area contributed by atoms with Crippen molar-refractivity contribution >= 4 is 15.7 Å². The van der Waals surface area contributed by atoms with E-state index in [2.05, 4.69) is 30.8 Å². The molecule has 0 amide bonds. The van der Waals surface area contributed by atoms with Crippen LogP contribution in [0.15, 0.2) is 29.2 Å². The van der Waals surface area contributed by atoms with Crippen LogP contribution >= 0.6 is 0 Å². The smallest absolute Gasteiger partial charge is 0.242 e. The first-order valence-electron chi connectivity index (χ1n) is 7.24. The molecule has 1 unspecified atom stereocenters. The number of rotatable bonds is 7. The Morgan fingerprint density at radius 2 is 1.86 bits per heavy atom. The van der Waals surface area contributed by atoms with Crippen LogP contribution in [0.4, 0.5) is 5.69 Å². The van der Waals surface area contributed by atoms with E-state index < -0.39 is 10.0 Å². The summed E-state index contributed by atoms with van der Waals surface area (Å²) >= 11 is 0. The molecule has 0 saturated heterocycles. The van der Waals surface area contributed by atoms with E-state index in [4.69, 9.17) is 5.73 Å². The highest BCUT2D eigenvalue weighted by Gasteiger charge is 2.19. The zero-order valence-electron chi connectivity index (χ0n) is 13.3. The van der Waals surface area contributed by atoms with E-state index in [1.165, 1.54) is 0 Å². The molecule has 0 bridgehead atoms. The van der Waals surface area contributed by atoms with Gasteiger partial charge in [-0.1, -0.05) is 39.8 Å². The van der Waals surface area contributed by atoms with Gasteiger partial charge in [0, 0.05) is 19.1 Å². The molecule has 1 rings (SSSR count). The van der Waals surface area contributed by atoms with Crippen molar-refractivity contribution in [2.45, 2.75) is 45.1 Å². The van der Waals surface area contributed by atoms with Crippen LogP contribution in [0.1, 0.15) is 34.1 Å². The van der Waals surface area contributed by atoms with Gasteiger partial charge in [0.2, 0.25) is 10.0 Å². The maximum absolute atomic E-state index is 12.1. The first kappa shape index (κ1) is 17.9. The van der Waals surface area contributed by atoms with Gasteiger partial charge in [0.05, 0.1) is 5.69 Å². The summed E-state index contributed by atoms with van der Waals surface area (Å²) in [5, 5.41) is 3.16. The van der Waals surface area contributed by atoms with Gasteiger partial charge in [-0.3, -0.25) is 0 Å². The molecule has 21 heavy (non-hydrogen) atoms. The fraction of sp³-hybridized carbons (Fsp3) is 0.600. The molecular formula is C15H27N3O2S. The highest BCUT2D eigenvalue weighted by molar-refractivity contribution is 7.89. The van der Waals surface area contributed by atoms with Crippen LogP contribution in [-0.4, -0.2) is 27.5 Å². The second-order valence-electron chi connectivity index (χ2n) is 6.40. The molecule has 0 aliphatic heterocycles. The lowest BCUT2D eigenvalue weighted by molar-refractivity contribution is 0.344. The lowest BCUT2D eigenvalue weighted by atomic mass is 9.88. The van der Waals surface area contributed by atoms with Gasteiger partial charge in [-0.2, -0.15) is 0 Å². The second-order valence-corrected chi connectivity index (χ2v) is 8.14. The summed E-state index contributed by atoms with van der Waals surface area (Å²) in [6.07, 6.45) is 0.863. The first-order valence-corrected chi connectivity index (χ1v) is 8.72. The molecule has 1 aromatic carbocycles. The zero-order chi connectivity index (χ0) is 16.1. The number of anilines is 1. The van der Waals surface area contributed by atoms with Gasteiger partial charge in [-0.25, -0.2) is 13.1 Å². The van der Waals surface area contributed by atoms with E-state index in [0.29, 0.717) is 18.8 Å². The standard InChI is InChI=1S/C15H27N3O2S/c1-5-18-21(19,20)14-9-7-6-8-13(14)17-11-12(16)10-15(2,3)4/h6-9,12,17-18H,5,10-11,16H2,1-4H3. The minimum atomic E-state index is -3.48. The van der Waals surface area contributed by atoms with Crippen molar-refractivity contribution in [3.05, 3.63) is 24.3 Å². The Morgan fingerprint density at radius 3 is 2.43 bits per heavy atom. The van der Waals surface area contributed by atoms with Crippen LogP contribution in [0.2, 0.25) is 0 Å². The van der Waals surface area contributed by atoms with Crippen LogP contribution in [0.5, 0.6) is 0 Å². The highest BCUT2D eigenvalue weighted by atomic mass is 32.2. The number of hydrogen-bond donors (Lipinski definition) is 3. The van der Waals surface area contributed by atoms with E-state index in [-0.39, 0.29) is 16.4 Å². The van der Waals surface area contributed by atoms with Crippen molar-refractivity contribution < 1.29 is 8.42 Å².